The van der Waals surface area contributed by atoms with Gasteiger partial charge in [0.2, 0.25) is 0 Å². The van der Waals surface area contributed by atoms with Crippen LogP contribution >= 0.6 is 0 Å². The van der Waals surface area contributed by atoms with Crippen molar-refractivity contribution in [3.8, 4) is 0 Å². The minimum atomic E-state index is 0.236. The second-order valence-electron chi connectivity index (χ2n) is 6.82. The Balaban J connectivity index is 3.93. The Morgan fingerprint density at radius 1 is 0.950 bits per heavy atom. The molecular weight excluding hydrogens is 246 g/mol. The monoisotopic (exact) mass is 285 g/mol. The first-order valence-electron chi connectivity index (χ1n) is 8.55. The molecule has 1 atom stereocenters. The normalized spacial score (nSPS) is 14.2. The van der Waals surface area contributed by atoms with Crippen LogP contribution < -0.4 is 5.32 Å². The van der Waals surface area contributed by atoms with Crippen molar-refractivity contribution in [3.05, 3.63) is 0 Å². The molecule has 0 fully saturated rings. The van der Waals surface area contributed by atoms with Crippen molar-refractivity contribution in [2.45, 2.75) is 72.9 Å². The van der Waals surface area contributed by atoms with Crippen LogP contribution in [-0.4, -0.2) is 60.6 Å². The fourth-order valence-corrected chi connectivity index (χ4v) is 2.57. The summed E-state index contributed by atoms with van der Waals surface area (Å²) in [7, 11) is 0. The van der Waals surface area contributed by atoms with E-state index >= 15 is 0 Å². The standard InChI is InChI=1S/C17H39N3/c1-8-19(9-2)14-11-15-20(10-3)16(4)12-13-18-17(5,6)7/h16,18H,8-15H2,1-7H3. The lowest BCUT2D eigenvalue weighted by Gasteiger charge is -2.30. The van der Waals surface area contributed by atoms with Gasteiger partial charge in [0, 0.05) is 11.6 Å². The molecule has 0 aromatic rings. The average Bonchev–Trinajstić information content (AvgIpc) is 2.37. The summed E-state index contributed by atoms with van der Waals surface area (Å²) in [5.41, 5.74) is 0.236. The Labute approximate surface area is 128 Å². The first-order chi connectivity index (χ1) is 9.34. The number of rotatable bonds is 11. The Hall–Kier alpha value is -0.120. The molecular formula is C17H39N3. The van der Waals surface area contributed by atoms with E-state index in [0.717, 1.165) is 13.1 Å². The van der Waals surface area contributed by atoms with Crippen molar-refractivity contribution in [2.24, 2.45) is 0 Å². The van der Waals surface area contributed by atoms with E-state index in [0.29, 0.717) is 6.04 Å². The highest BCUT2D eigenvalue weighted by molar-refractivity contribution is 4.73. The van der Waals surface area contributed by atoms with E-state index in [1.807, 2.05) is 0 Å². The van der Waals surface area contributed by atoms with Crippen LogP contribution in [0.5, 0.6) is 0 Å². The van der Waals surface area contributed by atoms with Gasteiger partial charge in [-0.15, -0.1) is 0 Å². The van der Waals surface area contributed by atoms with Gasteiger partial charge in [0.1, 0.15) is 0 Å². The topological polar surface area (TPSA) is 18.5 Å². The van der Waals surface area contributed by atoms with Gasteiger partial charge in [-0.3, -0.25) is 0 Å². The quantitative estimate of drug-likeness (QED) is 0.629. The molecule has 0 rings (SSSR count). The van der Waals surface area contributed by atoms with Gasteiger partial charge >= 0.3 is 0 Å². The van der Waals surface area contributed by atoms with Crippen LogP contribution in [0.3, 0.4) is 0 Å². The molecule has 0 spiro atoms. The van der Waals surface area contributed by atoms with Crippen molar-refractivity contribution in [3.63, 3.8) is 0 Å². The fraction of sp³-hybridized carbons (Fsp3) is 1.00. The molecule has 3 heteroatoms. The molecule has 122 valence electrons. The van der Waals surface area contributed by atoms with Crippen molar-refractivity contribution < 1.29 is 0 Å². The van der Waals surface area contributed by atoms with Crippen LogP contribution in [0.2, 0.25) is 0 Å². The molecule has 3 nitrogen and oxygen atoms in total. The Kier molecular flexibility index (Phi) is 10.5. The molecule has 1 unspecified atom stereocenters. The maximum atomic E-state index is 3.59. The minimum Gasteiger partial charge on any atom is -0.312 e. The summed E-state index contributed by atoms with van der Waals surface area (Å²) in [4.78, 5) is 5.13. The van der Waals surface area contributed by atoms with Crippen LogP contribution in [0.1, 0.15) is 61.3 Å². The van der Waals surface area contributed by atoms with Crippen LogP contribution in [0, 0.1) is 0 Å². The molecule has 0 saturated carbocycles. The molecule has 0 aliphatic heterocycles. The zero-order valence-corrected chi connectivity index (χ0v) is 15.1. The Morgan fingerprint density at radius 3 is 2.00 bits per heavy atom. The maximum Gasteiger partial charge on any atom is 0.00965 e. The lowest BCUT2D eigenvalue weighted by molar-refractivity contribution is 0.188. The van der Waals surface area contributed by atoms with E-state index in [2.05, 4.69) is 63.6 Å². The predicted molar refractivity (Wildman–Crippen MR) is 91.5 cm³/mol. The minimum absolute atomic E-state index is 0.236. The molecule has 0 aliphatic rings. The number of nitrogens with zero attached hydrogens (tertiary/aromatic N) is 2. The second kappa shape index (κ2) is 10.6. The third-order valence-corrected chi connectivity index (χ3v) is 4.06. The van der Waals surface area contributed by atoms with Gasteiger partial charge in [0.05, 0.1) is 0 Å². The van der Waals surface area contributed by atoms with E-state index in [1.54, 1.807) is 0 Å². The average molecular weight is 286 g/mol. The fourth-order valence-electron chi connectivity index (χ4n) is 2.57. The molecule has 1 N–H and O–H groups in total. The summed E-state index contributed by atoms with van der Waals surface area (Å²) in [6.45, 7) is 22.9. The smallest absolute Gasteiger partial charge is 0.00965 e. The van der Waals surface area contributed by atoms with Crippen molar-refractivity contribution in [2.75, 3.05) is 39.3 Å². The van der Waals surface area contributed by atoms with Crippen LogP contribution in [0.4, 0.5) is 0 Å². The predicted octanol–water partition coefficient (Wildman–Crippen LogP) is 3.21. The van der Waals surface area contributed by atoms with E-state index in [-0.39, 0.29) is 5.54 Å². The van der Waals surface area contributed by atoms with E-state index in [1.165, 1.54) is 39.0 Å². The molecule has 0 aromatic carbocycles. The lowest BCUT2D eigenvalue weighted by atomic mass is 10.1. The summed E-state index contributed by atoms with van der Waals surface area (Å²) in [6.07, 6.45) is 2.52. The summed E-state index contributed by atoms with van der Waals surface area (Å²) < 4.78 is 0. The zero-order valence-electron chi connectivity index (χ0n) is 15.1. The van der Waals surface area contributed by atoms with Crippen LogP contribution in [-0.2, 0) is 0 Å². The molecule has 0 aromatic heterocycles. The highest BCUT2D eigenvalue weighted by Crippen LogP contribution is 2.06. The number of nitrogens with one attached hydrogen (secondary N) is 1. The van der Waals surface area contributed by atoms with Gasteiger partial charge in [0.25, 0.3) is 0 Å². The highest BCUT2D eigenvalue weighted by Gasteiger charge is 2.14. The Bertz CT molecular complexity index is 219. The van der Waals surface area contributed by atoms with Crippen LogP contribution in [0.15, 0.2) is 0 Å². The number of hydrogen-bond acceptors (Lipinski definition) is 3. The van der Waals surface area contributed by atoms with Gasteiger partial charge in [-0.05, 0) is 79.8 Å². The molecule has 0 radical (unpaired) electrons. The summed E-state index contributed by atoms with van der Waals surface area (Å²) in [5, 5.41) is 3.59. The molecule has 0 heterocycles. The van der Waals surface area contributed by atoms with Gasteiger partial charge < -0.3 is 15.1 Å². The van der Waals surface area contributed by atoms with E-state index in [4.69, 9.17) is 0 Å². The molecule has 0 amide bonds. The van der Waals surface area contributed by atoms with Crippen molar-refractivity contribution in [1.82, 2.24) is 15.1 Å². The van der Waals surface area contributed by atoms with Gasteiger partial charge in [-0.1, -0.05) is 20.8 Å². The molecule has 0 saturated heterocycles. The molecule has 20 heavy (non-hydrogen) atoms. The van der Waals surface area contributed by atoms with Gasteiger partial charge in [-0.25, -0.2) is 0 Å². The van der Waals surface area contributed by atoms with Crippen molar-refractivity contribution >= 4 is 0 Å². The highest BCUT2D eigenvalue weighted by atomic mass is 15.2. The largest absolute Gasteiger partial charge is 0.312 e. The third kappa shape index (κ3) is 9.73. The first kappa shape index (κ1) is 19.9. The molecule has 0 aliphatic carbocycles. The summed E-state index contributed by atoms with van der Waals surface area (Å²) in [5.74, 6) is 0. The van der Waals surface area contributed by atoms with E-state index < -0.39 is 0 Å². The SMILES string of the molecule is CCN(CC)CCCN(CC)C(C)CCNC(C)(C)C. The van der Waals surface area contributed by atoms with Gasteiger partial charge in [-0.2, -0.15) is 0 Å². The molecule has 0 bridgehead atoms. The van der Waals surface area contributed by atoms with Crippen LogP contribution in [0.25, 0.3) is 0 Å². The lowest BCUT2D eigenvalue weighted by Crippen LogP contribution is -2.41. The third-order valence-electron chi connectivity index (χ3n) is 4.06. The second-order valence-corrected chi connectivity index (χ2v) is 6.82. The first-order valence-corrected chi connectivity index (χ1v) is 8.55. The van der Waals surface area contributed by atoms with E-state index in [9.17, 15) is 0 Å². The summed E-state index contributed by atoms with van der Waals surface area (Å²) in [6, 6.07) is 0.673. The number of hydrogen-bond donors (Lipinski definition) is 1. The van der Waals surface area contributed by atoms with Crippen molar-refractivity contribution in [1.29, 1.82) is 0 Å². The summed E-state index contributed by atoms with van der Waals surface area (Å²) >= 11 is 0. The van der Waals surface area contributed by atoms with Gasteiger partial charge in [0.15, 0.2) is 0 Å². The zero-order chi connectivity index (χ0) is 15.6. The Morgan fingerprint density at radius 2 is 1.55 bits per heavy atom. The maximum absolute atomic E-state index is 3.59.